The SMILES string of the molecule is Cc1nccnc1CCC1COCCN1S(=O)(=O)c1cccnc1. The molecule has 0 aliphatic carbocycles. The highest BCUT2D eigenvalue weighted by Crippen LogP contribution is 2.22. The summed E-state index contributed by atoms with van der Waals surface area (Å²) >= 11 is 0. The Balaban J connectivity index is 1.78. The molecule has 0 amide bonds. The van der Waals surface area contributed by atoms with Crippen molar-refractivity contribution < 1.29 is 13.2 Å². The fourth-order valence-electron chi connectivity index (χ4n) is 2.80. The molecule has 1 aliphatic heterocycles. The Hall–Kier alpha value is -1.90. The molecule has 8 heteroatoms. The topological polar surface area (TPSA) is 85.3 Å². The third-order valence-corrected chi connectivity index (χ3v) is 6.05. The number of hydrogen-bond donors (Lipinski definition) is 0. The summed E-state index contributed by atoms with van der Waals surface area (Å²) in [6.45, 7) is 3.05. The average molecular weight is 348 g/mol. The number of morpholine rings is 1. The van der Waals surface area contributed by atoms with E-state index in [4.69, 9.17) is 4.74 Å². The summed E-state index contributed by atoms with van der Waals surface area (Å²) in [5.41, 5.74) is 1.76. The Morgan fingerprint density at radius 2 is 2.12 bits per heavy atom. The molecule has 0 aromatic carbocycles. The molecular weight excluding hydrogens is 328 g/mol. The molecule has 1 fully saturated rings. The van der Waals surface area contributed by atoms with E-state index < -0.39 is 10.0 Å². The van der Waals surface area contributed by atoms with E-state index >= 15 is 0 Å². The molecule has 1 unspecified atom stereocenters. The standard InChI is InChI=1S/C16H20N4O3S/c1-13-16(19-8-7-18-13)5-4-14-12-23-10-9-20(14)24(21,22)15-3-2-6-17-11-15/h2-3,6-8,11,14H,4-5,9-10,12H2,1H3. The number of pyridine rings is 1. The summed E-state index contributed by atoms with van der Waals surface area (Å²) in [7, 11) is -3.57. The van der Waals surface area contributed by atoms with E-state index in [1.165, 1.54) is 10.5 Å². The van der Waals surface area contributed by atoms with Crippen molar-refractivity contribution in [2.45, 2.75) is 30.7 Å². The molecule has 0 spiro atoms. The van der Waals surface area contributed by atoms with Crippen LogP contribution in [-0.4, -0.2) is 53.5 Å². The van der Waals surface area contributed by atoms with E-state index in [0.29, 0.717) is 32.6 Å². The van der Waals surface area contributed by atoms with Crippen molar-refractivity contribution in [3.63, 3.8) is 0 Å². The van der Waals surface area contributed by atoms with Crippen LogP contribution in [0.1, 0.15) is 17.8 Å². The van der Waals surface area contributed by atoms with Gasteiger partial charge in [-0.15, -0.1) is 0 Å². The second-order valence-corrected chi connectivity index (χ2v) is 7.55. The highest BCUT2D eigenvalue weighted by atomic mass is 32.2. The van der Waals surface area contributed by atoms with Crippen molar-refractivity contribution in [1.82, 2.24) is 19.3 Å². The molecular formula is C16H20N4O3S. The van der Waals surface area contributed by atoms with E-state index in [2.05, 4.69) is 15.0 Å². The maximum atomic E-state index is 12.9. The third kappa shape index (κ3) is 3.61. The van der Waals surface area contributed by atoms with E-state index in [1.54, 1.807) is 30.7 Å². The van der Waals surface area contributed by atoms with E-state index in [-0.39, 0.29) is 10.9 Å². The number of rotatable bonds is 5. The maximum Gasteiger partial charge on any atom is 0.245 e. The lowest BCUT2D eigenvalue weighted by Crippen LogP contribution is -2.48. The molecule has 1 aliphatic rings. The van der Waals surface area contributed by atoms with Gasteiger partial charge in [0.25, 0.3) is 0 Å². The summed E-state index contributed by atoms with van der Waals surface area (Å²) < 4.78 is 32.8. The van der Waals surface area contributed by atoms with Crippen LogP contribution in [0.15, 0.2) is 41.8 Å². The largest absolute Gasteiger partial charge is 0.378 e. The normalized spacial score (nSPS) is 19.3. The lowest BCUT2D eigenvalue weighted by atomic mass is 10.1. The van der Waals surface area contributed by atoms with Gasteiger partial charge in [-0.25, -0.2) is 8.42 Å². The Kier molecular flexibility index (Phi) is 5.17. The van der Waals surface area contributed by atoms with Crippen LogP contribution in [0.25, 0.3) is 0 Å². The Morgan fingerprint density at radius 3 is 2.88 bits per heavy atom. The smallest absolute Gasteiger partial charge is 0.245 e. The van der Waals surface area contributed by atoms with Gasteiger partial charge < -0.3 is 4.74 Å². The molecule has 7 nitrogen and oxygen atoms in total. The highest BCUT2D eigenvalue weighted by Gasteiger charge is 2.34. The Labute approximate surface area is 141 Å². The van der Waals surface area contributed by atoms with Gasteiger partial charge in [-0.3, -0.25) is 15.0 Å². The molecule has 0 radical (unpaired) electrons. The highest BCUT2D eigenvalue weighted by molar-refractivity contribution is 7.89. The maximum absolute atomic E-state index is 12.9. The summed E-state index contributed by atoms with van der Waals surface area (Å²) in [5.74, 6) is 0. The lowest BCUT2D eigenvalue weighted by Gasteiger charge is -2.34. The van der Waals surface area contributed by atoms with E-state index in [9.17, 15) is 8.42 Å². The summed E-state index contributed by atoms with van der Waals surface area (Å²) in [6.07, 6.45) is 7.55. The zero-order valence-corrected chi connectivity index (χ0v) is 14.3. The second kappa shape index (κ2) is 7.33. The van der Waals surface area contributed by atoms with Crippen molar-refractivity contribution in [2.24, 2.45) is 0 Å². The second-order valence-electron chi connectivity index (χ2n) is 5.66. The van der Waals surface area contributed by atoms with Crippen molar-refractivity contribution in [2.75, 3.05) is 19.8 Å². The van der Waals surface area contributed by atoms with Crippen LogP contribution < -0.4 is 0 Å². The number of sulfonamides is 1. The predicted molar refractivity (Wildman–Crippen MR) is 87.8 cm³/mol. The predicted octanol–water partition coefficient (Wildman–Crippen LogP) is 1.20. The summed E-state index contributed by atoms with van der Waals surface area (Å²) in [6, 6.07) is 2.98. The van der Waals surface area contributed by atoms with Crippen LogP contribution in [0.5, 0.6) is 0 Å². The minimum atomic E-state index is -3.57. The van der Waals surface area contributed by atoms with Crippen LogP contribution >= 0.6 is 0 Å². The quantitative estimate of drug-likeness (QED) is 0.807. The first-order valence-corrected chi connectivity index (χ1v) is 9.29. The minimum Gasteiger partial charge on any atom is -0.378 e. The van der Waals surface area contributed by atoms with Crippen molar-refractivity contribution in [3.05, 3.63) is 48.3 Å². The van der Waals surface area contributed by atoms with Gasteiger partial charge in [0.2, 0.25) is 10.0 Å². The zero-order valence-electron chi connectivity index (χ0n) is 13.5. The molecule has 0 N–H and O–H groups in total. The lowest BCUT2D eigenvalue weighted by molar-refractivity contribution is 0.0297. The van der Waals surface area contributed by atoms with Crippen LogP contribution in [0.3, 0.4) is 0 Å². The number of aryl methyl sites for hydroxylation is 2. The van der Waals surface area contributed by atoms with Gasteiger partial charge in [-0.2, -0.15) is 4.31 Å². The third-order valence-electron chi connectivity index (χ3n) is 4.11. The minimum absolute atomic E-state index is 0.215. The van der Waals surface area contributed by atoms with Gasteiger partial charge >= 0.3 is 0 Å². The molecule has 1 saturated heterocycles. The molecule has 0 saturated carbocycles. The fourth-order valence-corrected chi connectivity index (χ4v) is 4.39. The van der Waals surface area contributed by atoms with Crippen molar-refractivity contribution in [1.29, 1.82) is 0 Å². The number of hydrogen-bond acceptors (Lipinski definition) is 6. The first kappa shape index (κ1) is 16.9. The molecule has 1 atom stereocenters. The summed E-state index contributed by atoms with van der Waals surface area (Å²) in [4.78, 5) is 12.7. The van der Waals surface area contributed by atoms with Crippen molar-refractivity contribution in [3.8, 4) is 0 Å². The van der Waals surface area contributed by atoms with Crippen LogP contribution in [0, 0.1) is 6.92 Å². The van der Waals surface area contributed by atoms with Gasteiger partial charge in [0.15, 0.2) is 0 Å². The molecule has 3 heterocycles. The number of nitrogens with zero attached hydrogens (tertiary/aromatic N) is 4. The van der Waals surface area contributed by atoms with Gasteiger partial charge in [0, 0.05) is 37.4 Å². The number of ether oxygens (including phenoxy) is 1. The molecule has 128 valence electrons. The molecule has 0 bridgehead atoms. The van der Waals surface area contributed by atoms with Gasteiger partial charge in [0.05, 0.1) is 24.6 Å². The number of aromatic nitrogens is 3. The first-order chi connectivity index (χ1) is 11.6. The molecule has 3 rings (SSSR count). The van der Waals surface area contributed by atoms with Gasteiger partial charge in [-0.05, 0) is 31.9 Å². The van der Waals surface area contributed by atoms with Gasteiger partial charge in [0.1, 0.15) is 4.90 Å². The Morgan fingerprint density at radius 1 is 1.29 bits per heavy atom. The van der Waals surface area contributed by atoms with Crippen molar-refractivity contribution >= 4 is 10.0 Å². The monoisotopic (exact) mass is 348 g/mol. The van der Waals surface area contributed by atoms with Gasteiger partial charge in [-0.1, -0.05) is 0 Å². The fraction of sp³-hybridized carbons (Fsp3) is 0.438. The van der Waals surface area contributed by atoms with E-state index in [1.807, 2.05) is 6.92 Å². The van der Waals surface area contributed by atoms with Crippen LogP contribution in [-0.2, 0) is 21.2 Å². The summed E-state index contributed by atoms with van der Waals surface area (Å²) in [5, 5.41) is 0. The van der Waals surface area contributed by atoms with Crippen LogP contribution in [0.2, 0.25) is 0 Å². The average Bonchev–Trinajstić information content (AvgIpc) is 2.62. The molecule has 2 aromatic heterocycles. The van der Waals surface area contributed by atoms with Crippen LogP contribution in [0.4, 0.5) is 0 Å². The molecule has 24 heavy (non-hydrogen) atoms. The zero-order chi connectivity index (χ0) is 17.0. The first-order valence-electron chi connectivity index (χ1n) is 7.85. The Bertz CT molecular complexity index is 783. The molecule has 2 aromatic rings. The van der Waals surface area contributed by atoms with E-state index in [0.717, 1.165) is 11.4 Å².